The zero-order chi connectivity index (χ0) is 43.3. The summed E-state index contributed by atoms with van der Waals surface area (Å²) in [5, 5.41) is 0. The Labute approximate surface area is 386 Å². The van der Waals surface area contributed by atoms with Gasteiger partial charge in [-0.05, 0) is 119 Å². The average Bonchev–Trinajstić information content (AvgIpc) is 3.27. The third-order valence-electron chi connectivity index (χ3n) is 10.8. The van der Waals surface area contributed by atoms with Crippen LogP contribution in [0.3, 0.4) is 0 Å². The predicted molar refractivity (Wildman–Crippen MR) is 266 cm³/mol. The maximum absolute atomic E-state index is 6.83. The summed E-state index contributed by atoms with van der Waals surface area (Å²) in [7, 11) is 0. The van der Waals surface area contributed by atoms with Crippen LogP contribution < -0.4 is 18.9 Å². The van der Waals surface area contributed by atoms with Gasteiger partial charge in [0, 0.05) is 56.9 Å². The summed E-state index contributed by atoms with van der Waals surface area (Å²) < 4.78 is 29.3. The Morgan fingerprint density at radius 1 is 0.355 bits per heavy atom. The molecule has 4 nitrogen and oxygen atoms in total. The second kappa shape index (κ2) is 22.4. The summed E-state index contributed by atoms with van der Waals surface area (Å²) in [6.07, 6.45) is 14.9. The number of hydrogen-bond donors (Lipinski definition) is 0. The largest absolute Gasteiger partial charge is 0.493 e. The Morgan fingerprint density at radius 2 is 0.597 bits per heavy atom. The summed E-state index contributed by atoms with van der Waals surface area (Å²) >= 11 is 7.91. The van der Waals surface area contributed by atoms with Crippen LogP contribution in [0.25, 0.3) is 24.3 Å². The first-order chi connectivity index (χ1) is 30.3. The smallest absolute Gasteiger partial charge is 0.126 e. The van der Waals surface area contributed by atoms with E-state index in [4.69, 9.17) is 18.9 Å². The van der Waals surface area contributed by atoms with Gasteiger partial charge in [0.05, 0.1) is 26.4 Å². The highest BCUT2D eigenvalue weighted by Gasteiger charge is 2.24. The molecular weight excluding hydrogens is 896 g/mol. The maximum Gasteiger partial charge on any atom is 0.126 e. The first kappa shape index (κ1) is 45.0. The van der Waals surface area contributed by atoms with Crippen molar-refractivity contribution in [1.82, 2.24) is 0 Å². The molecule has 0 saturated heterocycles. The molecule has 0 unspecified atom stereocenters. The Bertz CT molecular complexity index is 2220. The normalized spacial score (nSPS) is 12.5. The lowest BCUT2D eigenvalue weighted by Gasteiger charge is -2.24. The molecule has 0 aromatic heterocycles. The van der Waals surface area contributed by atoms with Gasteiger partial charge < -0.3 is 18.9 Å². The fourth-order valence-corrected chi connectivity index (χ4v) is 9.23. The van der Waals surface area contributed by atoms with Crippen molar-refractivity contribution in [3.8, 4) is 23.0 Å². The van der Waals surface area contributed by atoms with Crippen LogP contribution in [0.15, 0.2) is 118 Å². The van der Waals surface area contributed by atoms with Crippen molar-refractivity contribution in [1.29, 1.82) is 0 Å². The average molecular weight is 955 g/mol. The first-order valence-corrected chi connectivity index (χ1v) is 23.9. The van der Waals surface area contributed by atoms with Gasteiger partial charge in [-0.2, -0.15) is 0 Å². The Hall–Kier alpha value is -5.04. The van der Waals surface area contributed by atoms with Crippen molar-refractivity contribution in [2.45, 2.75) is 79.1 Å². The topological polar surface area (TPSA) is 36.9 Å². The molecule has 0 saturated carbocycles. The minimum absolute atomic E-state index is 0.611. The molecule has 7 rings (SSSR count). The fourth-order valence-electron chi connectivity index (χ4n) is 8.12. The monoisotopic (exact) mass is 952 g/mol. The van der Waals surface area contributed by atoms with E-state index in [1.165, 1.54) is 0 Å². The van der Waals surface area contributed by atoms with Crippen molar-refractivity contribution in [2.24, 2.45) is 0 Å². The Balaban J connectivity index is 1.51. The van der Waals surface area contributed by atoms with Gasteiger partial charge in [-0.1, -0.05) is 145 Å². The Morgan fingerprint density at radius 3 is 0.855 bits per heavy atom. The molecule has 0 radical (unpaired) electrons. The highest BCUT2D eigenvalue weighted by Crippen LogP contribution is 2.42. The SMILES string of the molecule is CCCOc1c2cc(Br)cc1Cc1cc(/C=C/c3ccccc3)cc(c1OCCC)Cc1cc(Br)cc(c1OCCC)Cc1cc(C=Cc3ccccc3)cc(c1OCCC)C2. The summed E-state index contributed by atoms with van der Waals surface area (Å²) in [4.78, 5) is 0. The van der Waals surface area contributed by atoms with E-state index in [1.807, 2.05) is 0 Å². The van der Waals surface area contributed by atoms with Crippen molar-refractivity contribution in [2.75, 3.05) is 26.4 Å². The highest BCUT2D eigenvalue weighted by molar-refractivity contribution is 9.10. The van der Waals surface area contributed by atoms with Crippen LogP contribution in [-0.4, -0.2) is 26.4 Å². The maximum atomic E-state index is 6.83. The van der Waals surface area contributed by atoms with Gasteiger partial charge in [-0.3, -0.25) is 0 Å². The zero-order valence-corrected chi connectivity index (χ0v) is 39.7. The molecular formula is C56H58Br2O4. The molecule has 0 N–H and O–H groups in total. The summed E-state index contributed by atoms with van der Waals surface area (Å²) in [6.45, 7) is 11.1. The minimum Gasteiger partial charge on any atom is -0.493 e. The minimum atomic E-state index is 0.611. The van der Waals surface area contributed by atoms with E-state index < -0.39 is 0 Å². The summed E-state index contributed by atoms with van der Waals surface area (Å²) in [5.41, 5.74) is 13.5. The van der Waals surface area contributed by atoms with E-state index in [9.17, 15) is 0 Å². The van der Waals surface area contributed by atoms with Crippen LogP contribution in [0, 0.1) is 0 Å². The second-order valence-electron chi connectivity index (χ2n) is 16.0. The third-order valence-corrected chi connectivity index (χ3v) is 11.7. The van der Waals surface area contributed by atoms with Crippen LogP contribution in [0.1, 0.15) is 120 Å². The van der Waals surface area contributed by atoms with Crippen LogP contribution in [0.5, 0.6) is 23.0 Å². The molecule has 6 heteroatoms. The van der Waals surface area contributed by atoms with Crippen molar-refractivity contribution >= 4 is 56.2 Å². The number of halogens is 2. The van der Waals surface area contributed by atoms with E-state index in [2.05, 4.69) is 193 Å². The number of hydrogen-bond acceptors (Lipinski definition) is 4. The molecule has 62 heavy (non-hydrogen) atoms. The van der Waals surface area contributed by atoms with E-state index in [1.54, 1.807) is 0 Å². The standard InChI is InChI=1S/C56H58Br2O4/c1-5-23-59-53-43-27-41(21-19-39-15-11-9-12-16-39)28-44(53)32-48-36-52(58)38-50(56(48)62-26-8-4)34-46-30-42(22-20-40-17-13-10-14-18-40)29-45(54(46)60-24-6-2)33-49-37-51(57)35-47(31-43)55(49)61-25-7-3/h9-22,27-30,35-38H,5-8,23-26,31-34H2,1-4H3/b21-19+,22-20?. The Kier molecular flexibility index (Phi) is 16.2. The molecule has 0 fully saturated rings. The molecule has 6 aromatic rings. The lowest BCUT2D eigenvalue weighted by atomic mass is 9.89. The van der Waals surface area contributed by atoms with Crippen molar-refractivity contribution < 1.29 is 18.9 Å². The van der Waals surface area contributed by atoms with Gasteiger partial charge in [-0.15, -0.1) is 0 Å². The molecule has 320 valence electrons. The van der Waals surface area contributed by atoms with E-state index >= 15 is 0 Å². The zero-order valence-electron chi connectivity index (χ0n) is 36.6. The van der Waals surface area contributed by atoms with Gasteiger partial charge in [0.25, 0.3) is 0 Å². The van der Waals surface area contributed by atoms with Gasteiger partial charge in [0.1, 0.15) is 23.0 Å². The lowest BCUT2D eigenvalue weighted by molar-refractivity contribution is 0.304. The van der Waals surface area contributed by atoms with E-state index in [-0.39, 0.29) is 0 Å². The van der Waals surface area contributed by atoms with Crippen LogP contribution in [0.4, 0.5) is 0 Å². The summed E-state index contributed by atoms with van der Waals surface area (Å²) in [5.74, 6) is 3.70. The van der Waals surface area contributed by atoms with Gasteiger partial charge >= 0.3 is 0 Å². The van der Waals surface area contributed by atoms with Gasteiger partial charge in [0.15, 0.2) is 0 Å². The third kappa shape index (κ3) is 11.7. The van der Waals surface area contributed by atoms with E-state index in [0.717, 1.165) is 124 Å². The molecule has 0 heterocycles. The van der Waals surface area contributed by atoms with Crippen molar-refractivity contribution in [3.05, 3.63) is 185 Å². The molecule has 6 aromatic carbocycles. The van der Waals surface area contributed by atoms with Crippen molar-refractivity contribution in [3.63, 3.8) is 0 Å². The van der Waals surface area contributed by atoms with Gasteiger partial charge in [-0.25, -0.2) is 0 Å². The quantitative estimate of drug-likeness (QED) is 0.0905. The number of benzene rings is 6. The summed E-state index contributed by atoms with van der Waals surface area (Å²) in [6, 6.07) is 39.1. The molecule has 0 spiro atoms. The number of rotatable bonds is 16. The van der Waals surface area contributed by atoms with Gasteiger partial charge in [0.2, 0.25) is 0 Å². The van der Waals surface area contributed by atoms with Crippen LogP contribution in [-0.2, 0) is 25.7 Å². The molecule has 1 aliphatic rings. The highest BCUT2D eigenvalue weighted by atomic mass is 79.9. The van der Waals surface area contributed by atoms with Crippen LogP contribution >= 0.6 is 31.9 Å². The predicted octanol–water partition coefficient (Wildman–Crippen LogP) is 15.4. The first-order valence-electron chi connectivity index (χ1n) is 22.3. The second-order valence-corrected chi connectivity index (χ2v) is 17.9. The number of fused-ring (bicyclic) bond motifs is 8. The molecule has 8 bridgehead atoms. The van der Waals surface area contributed by atoms with E-state index in [0.29, 0.717) is 52.1 Å². The lowest BCUT2D eigenvalue weighted by Crippen LogP contribution is -2.10. The number of ether oxygens (including phenoxy) is 4. The molecule has 1 aliphatic carbocycles. The molecule has 0 amide bonds. The van der Waals surface area contributed by atoms with Crippen LogP contribution in [0.2, 0.25) is 0 Å². The fraction of sp³-hybridized carbons (Fsp3) is 0.286. The molecule has 0 atom stereocenters. The molecule has 0 aliphatic heterocycles.